The van der Waals surface area contributed by atoms with Crippen molar-refractivity contribution in [3.8, 4) is 17.0 Å². The molecule has 1 unspecified atom stereocenters. The number of anilines is 1. The lowest BCUT2D eigenvalue weighted by molar-refractivity contribution is -0.0541. The molecule has 5 rings (SSSR count). The molecule has 0 radical (unpaired) electrons. The van der Waals surface area contributed by atoms with E-state index in [0.29, 0.717) is 15.6 Å². The summed E-state index contributed by atoms with van der Waals surface area (Å²) < 4.78 is 126. The number of hydrogen-bond donors (Lipinski definition) is 1. The Hall–Kier alpha value is -3.53. The third kappa shape index (κ3) is 4.97. The lowest BCUT2D eigenvalue weighted by atomic mass is 10.0. The summed E-state index contributed by atoms with van der Waals surface area (Å²) in [5.41, 5.74) is 0.285. The van der Waals surface area contributed by atoms with E-state index in [1.165, 1.54) is 29.7 Å². The molecule has 0 spiro atoms. The second-order valence-corrected chi connectivity index (χ2v) is 11.2. The Balaban J connectivity index is 1.59. The van der Waals surface area contributed by atoms with Crippen LogP contribution >= 0.6 is 0 Å². The molecule has 0 amide bonds. The number of imidazole rings is 1. The van der Waals surface area contributed by atoms with Crippen LogP contribution in [0.15, 0.2) is 24.4 Å². The molecule has 16 heteroatoms. The van der Waals surface area contributed by atoms with E-state index in [1.54, 1.807) is 0 Å². The van der Waals surface area contributed by atoms with E-state index in [1.807, 2.05) is 0 Å². The van der Waals surface area contributed by atoms with E-state index < -0.39 is 66.2 Å². The molecule has 1 aliphatic heterocycles. The van der Waals surface area contributed by atoms with Crippen molar-refractivity contribution in [3.63, 3.8) is 0 Å². The van der Waals surface area contributed by atoms with Gasteiger partial charge in [0.1, 0.15) is 11.3 Å². The van der Waals surface area contributed by atoms with Gasteiger partial charge in [-0.05, 0) is 31.0 Å². The molecule has 4 heterocycles. The highest BCUT2D eigenvalue weighted by atomic mass is 32.2. The number of ether oxygens (including phenoxy) is 1. The minimum Gasteiger partial charge on any atom is -0.479 e. The van der Waals surface area contributed by atoms with Gasteiger partial charge in [-0.1, -0.05) is 6.07 Å². The summed E-state index contributed by atoms with van der Waals surface area (Å²) in [5, 5.41) is 6.43. The third-order valence-corrected chi connectivity index (χ3v) is 7.78. The van der Waals surface area contributed by atoms with Crippen molar-refractivity contribution < 1.29 is 39.2 Å². The van der Waals surface area contributed by atoms with Crippen molar-refractivity contribution in [2.24, 2.45) is 0 Å². The molecule has 0 bridgehead atoms. The predicted octanol–water partition coefficient (Wildman–Crippen LogP) is 3.55. The van der Waals surface area contributed by atoms with E-state index in [-0.39, 0.29) is 35.1 Å². The molecule has 4 aromatic rings. The van der Waals surface area contributed by atoms with Crippen molar-refractivity contribution in [1.29, 1.82) is 0 Å². The van der Waals surface area contributed by atoms with E-state index in [2.05, 4.69) is 20.4 Å². The summed E-state index contributed by atoms with van der Waals surface area (Å²) in [7, 11) is -6.97. The largest absolute Gasteiger partial charge is 0.479 e. The van der Waals surface area contributed by atoms with Crippen LogP contribution in [0, 0.1) is 12.7 Å². The van der Waals surface area contributed by atoms with Crippen molar-refractivity contribution in [3.05, 3.63) is 36.0 Å². The first kappa shape index (κ1) is 23.4. The number of nitrogens with one attached hydrogen (secondary N) is 1. The van der Waals surface area contributed by atoms with Crippen LogP contribution in [0.25, 0.3) is 27.7 Å². The second-order valence-electron chi connectivity index (χ2n) is 9.20. The number of benzene rings is 1. The highest BCUT2D eigenvalue weighted by Crippen LogP contribution is 2.36. The van der Waals surface area contributed by atoms with Crippen LogP contribution in [0.1, 0.15) is 16.4 Å². The molecule has 1 fully saturated rings. The van der Waals surface area contributed by atoms with E-state index in [9.17, 15) is 26.0 Å². The lowest BCUT2D eigenvalue weighted by Crippen LogP contribution is -2.55. The summed E-state index contributed by atoms with van der Waals surface area (Å²) in [6.07, 6.45) is -1.36. The van der Waals surface area contributed by atoms with Crippen LogP contribution < -0.4 is 10.1 Å². The Labute approximate surface area is 223 Å². The normalized spacial score (nSPS) is 19.8. The van der Waals surface area contributed by atoms with E-state index in [0.717, 1.165) is 17.0 Å². The number of hydrogen-bond acceptors (Lipinski definition) is 7. The molecule has 3 aromatic heterocycles. The minimum atomic E-state index is -3.88. The van der Waals surface area contributed by atoms with Crippen LogP contribution in [0.3, 0.4) is 0 Å². The fraction of sp³-hybridized carbons (Fsp3) is 0.435. The molecular weight excluding hydrogens is 549 g/mol. The highest BCUT2D eigenvalue weighted by Gasteiger charge is 2.47. The van der Waals surface area contributed by atoms with Gasteiger partial charge in [-0.3, -0.25) is 0 Å². The zero-order valence-corrected chi connectivity index (χ0v) is 21.3. The summed E-state index contributed by atoms with van der Waals surface area (Å²) in [6.45, 7) is -0.449. The molecule has 1 aliphatic rings. The Morgan fingerprint density at radius 1 is 1.31 bits per heavy atom. The highest BCUT2D eigenvalue weighted by molar-refractivity contribution is 7.88. The summed E-state index contributed by atoms with van der Waals surface area (Å²) in [6, 6.07) is 2.68. The Kier molecular flexibility index (Phi) is 5.74. The van der Waals surface area contributed by atoms with Gasteiger partial charge in [0.25, 0.3) is 12.3 Å². The van der Waals surface area contributed by atoms with Crippen LogP contribution in [0.2, 0.25) is 0 Å². The van der Waals surface area contributed by atoms with Crippen molar-refractivity contribution in [1.82, 2.24) is 28.5 Å². The maximum absolute atomic E-state index is 15.5. The van der Waals surface area contributed by atoms with Gasteiger partial charge in [-0.2, -0.15) is 9.29 Å². The fourth-order valence-corrected chi connectivity index (χ4v) is 5.56. The van der Waals surface area contributed by atoms with Gasteiger partial charge >= 0.3 is 0 Å². The van der Waals surface area contributed by atoms with Gasteiger partial charge in [-0.25, -0.2) is 39.9 Å². The third-order valence-electron chi connectivity index (χ3n) is 6.53. The second kappa shape index (κ2) is 9.59. The molecule has 1 atom stereocenters. The number of fused-ring (bicyclic) bond motifs is 2. The molecule has 0 saturated carbocycles. The molecule has 39 heavy (non-hydrogen) atoms. The number of halogens is 5. The van der Waals surface area contributed by atoms with E-state index >= 15 is 4.39 Å². The standard InChI is InChI=1S/C23H24F5N7O3S/c1-12-29-15-5-4-13(8-16(15)34(12)10-18(25)26)19-14(24)9-35-20(19)21(38-2)31-22(32-35)30-17-6-7-33(39(3,36)37)11-23(17,27)28/h4-5,8-9,17-18H,6-7,10-11H2,1-3H3,(H,30,32)/i2D3. The van der Waals surface area contributed by atoms with Crippen LogP contribution in [0.5, 0.6) is 5.88 Å². The number of sulfonamides is 1. The van der Waals surface area contributed by atoms with Gasteiger partial charge in [0.2, 0.25) is 21.9 Å². The van der Waals surface area contributed by atoms with Gasteiger partial charge in [0.15, 0.2) is 5.82 Å². The molecule has 1 aromatic carbocycles. The molecular formula is C23H24F5N7O3S. The first-order valence-electron chi connectivity index (χ1n) is 13.1. The molecule has 10 nitrogen and oxygen atoms in total. The Morgan fingerprint density at radius 3 is 2.74 bits per heavy atom. The SMILES string of the molecule is [2H]C([2H])([2H])Oc1nc(NC2CCN(S(C)(=O)=O)CC2(F)F)nn2cc(F)c(-c3ccc4nc(C)n(CC(F)F)c4c3)c12. The first-order valence-corrected chi connectivity index (χ1v) is 13.4. The number of rotatable bonds is 7. The topological polar surface area (TPSA) is 107 Å². The Morgan fingerprint density at radius 2 is 2.08 bits per heavy atom. The van der Waals surface area contributed by atoms with Crippen molar-refractivity contribution >= 4 is 32.5 Å². The maximum Gasteiger partial charge on any atom is 0.281 e. The van der Waals surface area contributed by atoms with Crippen LogP contribution in [-0.4, -0.2) is 81.6 Å². The number of aromatic nitrogens is 5. The lowest BCUT2D eigenvalue weighted by Gasteiger charge is -2.37. The summed E-state index contributed by atoms with van der Waals surface area (Å²) >= 11 is 0. The first-order chi connectivity index (χ1) is 19.4. The van der Waals surface area contributed by atoms with Gasteiger partial charge in [0, 0.05) is 6.54 Å². The summed E-state index contributed by atoms with van der Waals surface area (Å²) in [5.74, 6) is -5.37. The zero-order chi connectivity index (χ0) is 30.8. The van der Waals surface area contributed by atoms with Crippen molar-refractivity contribution in [2.45, 2.75) is 38.3 Å². The maximum atomic E-state index is 15.5. The van der Waals surface area contributed by atoms with Crippen LogP contribution in [-0.2, 0) is 16.6 Å². The quantitative estimate of drug-likeness (QED) is 0.336. The average molecular weight is 577 g/mol. The van der Waals surface area contributed by atoms with Gasteiger partial charge < -0.3 is 14.6 Å². The smallest absolute Gasteiger partial charge is 0.281 e. The number of methoxy groups -OCH3 is 1. The molecule has 0 aliphatic carbocycles. The van der Waals surface area contributed by atoms with Crippen molar-refractivity contribution in [2.75, 3.05) is 31.7 Å². The van der Waals surface area contributed by atoms with Gasteiger partial charge in [0.05, 0.1) is 59.3 Å². The average Bonchev–Trinajstić information content (AvgIpc) is 3.33. The summed E-state index contributed by atoms with van der Waals surface area (Å²) in [4.78, 5) is 8.20. The zero-order valence-electron chi connectivity index (χ0n) is 23.5. The number of nitrogens with zero attached hydrogens (tertiary/aromatic N) is 6. The van der Waals surface area contributed by atoms with Crippen LogP contribution in [0.4, 0.5) is 27.9 Å². The fourth-order valence-electron chi connectivity index (χ4n) is 4.72. The van der Waals surface area contributed by atoms with Gasteiger partial charge in [-0.15, -0.1) is 5.10 Å². The number of alkyl halides is 4. The molecule has 210 valence electrons. The number of aryl methyl sites for hydroxylation is 1. The number of piperidine rings is 1. The van der Waals surface area contributed by atoms with E-state index in [4.69, 9.17) is 8.85 Å². The minimum absolute atomic E-state index is 0.136. The monoisotopic (exact) mass is 576 g/mol. The molecule has 1 N–H and O–H groups in total. The molecule has 1 saturated heterocycles. The predicted molar refractivity (Wildman–Crippen MR) is 132 cm³/mol. The Bertz CT molecular complexity index is 1780.